The Bertz CT molecular complexity index is 1050. The lowest BCUT2D eigenvalue weighted by molar-refractivity contribution is -0.117. The molecule has 0 radical (unpaired) electrons. The molecule has 2 aromatic carbocycles. The van der Waals surface area contributed by atoms with Crippen LogP contribution in [-0.4, -0.2) is 49.4 Å². The van der Waals surface area contributed by atoms with E-state index in [0.29, 0.717) is 5.17 Å². The summed E-state index contributed by atoms with van der Waals surface area (Å²) >= 11 is 1.39. The molecule has 2 aliphatic heterocycles. The van der Waals surface area contributed by atoms with E-state index in [1.54, 1.807) is 7.11 Å². The Morgan fingerprint density at radius 2 is 1.83 bits per heavy atom. The smallest absolute Gasteiger partial charge is 0.252 e. The number of benzene rings is 2. The van der Waals surface area contributed by atoms with Crippen molar-refractivity contribution >= 4 is 38.4 Å². The number of amidine groups is 1. The van der Waals surface area contributed by atoms with Crippen molar-refractivity contribution in [3.63, 3.8) is 0 Å². The maximum absolute atomic E-state index is 12.6. The predicted molar refractivity (Wildman–Crippen MR) is 117 cm³/mol. The van der Waals surface area contributed by atoms with Gasteiger partial charge in [0.15, 0.2) is 15.0 Å². The molecule has 0 unspecified atom stereocenters. The number of hydrogen-bond donors (Lipinski definition) is 0. The van der Waals surface area contributed by atoms with Crippen molar-refractivity contribution in [3.05, 3.63) is 59.7 Å². The third kappa shape index (κ3) is 4.33. The van der Waals surface area contributed by atoms with E-state index in [-0.39, 0.29) is 35.1 Å². The number of thioether (sulfide) groups is 1. The van der Waals surface area contributed by atoms with Gasteiger partial charge in [0, 0.05) is 10.9 Å². The molecule has 0 aliphatic carbocycles. The number of nitrogens with zero attached hydrogens (tertiary/aromatic N) is 2. The third-order valence-corrected chi connectivity index (χ3v) is 8.32. The molecule has 0 saturated carbocycles. The number of hydrogen-bond acceptors (Lipinski definition) is 5. The Balaban J connectivity index is 1.60. The number of anilines is 1. The lowest BCUT2D eigenvalue weighted by atomic mass is 10.1. The van der Waals surface area contributed by atoms with Gasteiger partial charge >= 0.3 is 0 Å². The average Bonchev–Trinajstić information content (AvgIpc) is 3.14. The van der Waals surface area contributed by atoms with Crippen molar-refractivity contribution in [2.24, 2.45) is 4.99 Å². The van der Waals surface area contributed by atoms with Gasteiger partial charge in [-0.3, -0.25) is 4.79 Å². The first kappa shape index (κ1) is 20.0. The molecule has 0 N–H and O–H groups in total. The molecule has 4 rings (SSSR count). The van der Waals surface area contributed by atoms with Gasteiger partial charge in [0.05, 0.1) is 31.1 Å². The Morgan fingerprint density at radius 1 is 1.14 bits per heavy atom. The third-order valence-electron chi connectivity index (χ3n) is 5.11. The molecule has 1 amide bonds. The van der Waals surface area contributed by atoms with Crippen molar-refractivity contribution in [2.75, 3.05) is 23.5 Å². The van der Waals surface area contributed by atoms with Crippen molar-refractivity contribution in [2.45, 2.75) is 24.6 Å². The van der Waals surface area contributed by atoms with E-state index in [0.717, 1.165) is 22.6 Å². The molecule has 2 fully saturated rings. The molecule has 0 spiro atoms. The molecule has 2 heterocycles. The number of sulfone groups is 1. The van der Waals surface area contributed by atoms with Crippen molar-refractivity contribution < 1.29 is 17.9 Å². The number of aliphatic imine (C=N–C) groups is 1. The van der Waals surface area contributed by atoms with E-state index in [4.69, 9.17) is 4.74 Å². The maximum Gasteiger partial charge on any atom is 0.252 e. The fourth-order valence-corrected chi connectivity index (χ4v) is 7.57. The number of aryl methyl sites for hydroxylation is 1. The van der Waals surface area contributed by atoms with Crippen LogP contribution in [0.4, 0.5) is 5.69 Å². The molecule has 8 heteroatoms. The Morgan fingerprint density at radius 3 is 2.48 bits per heavy atom. The molecule has 2 saturated heterocycles. The second-order valence-corrected chi connectivity index (χ2v) is 10.7. The van der Waals surface area contributed by atoms with Gasteiger partial charge in [0.2, 0.25) is 0 Å². The molecular weight excluding hydrogens is 408 g/mol. The Labute approximate surface area is 174 Å². The summed E-state index contributed by atoms with van der Waals surface area (Å²) in [5, 5.41) is 0.478. The highest BCUT2D eigenvalue weighted by molar-refractivity contribution is 8.16. The lowest BCUT2D eigenvalue weighted by Crippen LogP contribution is -2.37. The zero-order valence-corrected chi connectivity index (χ0v) is 17.9. The van der Waals surface area contributed by atoms with Gasteiger partial charge in [-0.25, -0.2) is 8.42 Å². The monoisotopic (exact) mass is 430 g/mol. The maximum atomic E-state index is 12.6. The minimum atomic E-state index is -3.08. The number of amides is 1. The van der Waals surface area contributed by atoms with Gasteiger partial charge < -0.3 is 9.64 Å². The van der Waals surface area contributed by atoms with Crippen LogP contribution in [0.25, 0.3) is 0 Å². The van der Waals surface area contributed by atoms with E-state index < -0.39 is 9.84 Å². The van der Waals surface area contributed by atoms with Crippen LogP contribution in [-0.2, 0) is 21.1 Å². The predicted octanol–water partition coefficient (Wildman–Crippen LogP) is 2.85. The first-order valence-electron chi connectivity index (χ1n) is 9.32. The molecule has 6 nitrogen and oxygen atoms in total. The summed E-state index contributed by atoms with van der Waals surface area (Å²) < 4.78 is 29.4. The minimum absolute atomic E-state index is 0.0875. The van der Waals surface area contributed by atoms with Crippen molar-refractivity contribution in [3.8, 4) is 5.75 Å². The number of methoxy groups -OCH3 is 1. The molecule has 0 aromatic heterocycles. The van der Waals surface area contributed by atoms with E-state index in [1.807, 2.05) is 60.4 Å². The van der Waals surface area contributed by atoms with Crippen LogP contribution in [0.2, 0.25) is 0 Å². The summed E-state index contributed by atoms with van der Waals surface area (Å²) in [5.74, 6) is 0.691. The summed E-state index contributed by atoms with van der Waals surface area (Å²) in [4.78, 5) is 18.9. The zero-order chi connectivity index (χ0) is 20.6. The fraction of sp³-hybridized carbons (Fsp3) is 0.333. The lowest BCUT2D eigenvalue weighted by Gasteiger charge is -2.24. The number of carbonyl (C=O) groups is 1. The van der Waals surface area contributed by atoms with Crippen LogP contribution < -0.4 is 9.64 Å². The summed E-state index contributed by atoms with van der Waals surface area (Å²) in [6.07, 6.45) is 0.184. The molecule has 152 valence electrons. The molecule has 0 bridgehead atoms. The number of fused-ring (bicyclic) bond motifs is 1. The van der Waals surface area contributed by atoms with Gasteiger partial charge in [-0.1, -0.05) is 41.6 Å². The molecule has 2 aliphatic rings. The van der Waals surface area contributed by atoms with Gasteiger partial charge in [-0.2, -0.15) is 4.99 Å². The summed E-state index contributed by atoms with van der Waals surface area (Å²) in [6.45, 7) is 2.00. The van der Waals surface area contributed by atoms with Gasteiger partial charge in [-0.05, 0) is 36.8 Å². The van der Waals surface area contributed by atoms with Crippen LogP contribution in [0, 0.1) is 6.92 Å². The van der Waals surface area contributed by atoms with Gasteiger partial charge in [-0.15, -0.1) is 0 Å². The van der Waals surface area contributed by atoms with Crippen LogP contribution in [0.1, 0.15) is 11.1 Å². The summed E-state index contributed by atoms with van der Waals surface area (Å²) in [6, 6.07) is 15.0. The van der Waals surface area contributed by atoms with E-state index >= 15 is 0 Å². The first-order chi connectivity index (χ1) is 13.8. The number of ether oxygens (including phenoxy) is 1. The number of rotatable bonds is 4. The molecule has 2 aromatic rings. The quantitative estimate of drug-likeness (QED) is 0.743. The highest BCUT2D eigenvalue weighted by Crippen LogP contribution is 2.41. The topological polar surface area (TPSA) is 76.0 Å². The van der Waals surface area contributed by atoms with Crippen molar-refractivity contribution in [1.82, 2.24) is 0 Å². The second-order valence-electron chi connectivity index (χ2n) is 7.32. The van der Waals surface area contributed by atoms with E-state index in [1.165, 1.54) is 11.8 Å². The molecule has 29 heavy (non-hydrogen) atoms. The molecule has 2 atom stereocenters. The van der Waals surface area contributed by atoms with Crippen molar-refractivity contribution in [1.29, 1.82) is 0 Å². The highest BCUT2D eigenvalue weighted by Gasteiger charge is 2.49. The minimum Gasteiger partial charge on any atom is -0.497 e. The van der Waals surface area contributed by atoms with Crippen LogP contribution in [0.15, 0.2) is 53.5 Å². The largest absolute Gasteiger partial charge is 0.497 e. The van der Waals surface area contributed by atoms with Gasteiger partial charge in [0.25, 0.3) is 5.91 Å². The molecular formula is C21H22N2O4S2. The first-order valence-corrected chi connectivity index (χ1v) is 12.0. The highest BCUT2D eigenvalue weighted by atomic mass is 32.2. The van der Waals surface area contributed by atoms with Crippen LogP contribution >= 0.6 is 11.8 Å². The second kappa shape index (κ2) is 7.84. The fourth-order valence-electron chi connectivity index (χ4n) is 3.64. The zero-order valence-electron chi connectivity index (χ0n) is 16.2. The summed E-state index contributed by atoms with van der Waals surface area (Å²) in [5.41, 5.74) is 2.83. The summed E-state index contributed by atoms with van der Waals surface area (Å²) in [7, 11) is -1.48. The standard InChI is InChI=1S/C21H22N2O4S2/c1-14-3-7-16(8-4-14)23-18-12-29(25,26)13-19(18)28-21(23)22-20(24)11-15-5-9-17(27-2)10-6-15/h3-10,18-19H,11-13H2,1-2H3/t18-,19+/m0/s1. The Kier molecular flexibility index (Phi) is 5.40. The van der Waals surface area contributed by atoms with Gasteiger partial charge in [0.1, 0.15) is 5.75 Å². The van der Waals surface area contributed by atoms with Crippen LogP contribution in [0.3, 0.4) is 0 Å². The Hall–Kier alpha value is -2.32. The average molecular weight is 431 g/mol. The number of carbonyl (C=O) groups excluding carboxylic acids is 1. The van der Waals surface area contributed by atoms with E-state index in [9.17, 15) is 13.2 Å². The van der Waals surface area contributed by atoms with E-state index in [2.05, 4.69) is 4.99 Å². The normalized spacial score (nSPS) is 23.9. The SMILES string of the molecule is COc1ccc(CC(=O)N=C2S[C@@H]3CS(=O)(=O)C[C@@H]3N2c2ccc(C)cc2)cc1. The van der Waals surface area contributed by atoms with Crippen LogP contribution in [0.5, 0.6) is 5.75 Å².